The minimum absolute atomic E-state index is 0.0689. The zero-order chi connectivity index (χ0) is 23.6. The van der Waals surface area contributed by atoms with Gasteiger partial charge in [0.15, 0.2) is 16.6 Å². The highest BCUT2D eigenvalue weighted by Gasteiger charge is 2.24. The van der Waals surface area contributed by atoms with E-state index in [-0.39, 0.29) is 22.3 Å². The number of fused-ring (bicyclic) bond motifs is 1. The molecule has 1 amide bonds. The second-order valence-electron chi connectivity index (χ2n) is 7.58. The zero-order valence-corrected chi connectivity index (χ0v) is 20.1. The lowest BCUT2D eigenvalue weighted by Crippen LogP contribution is -2.30. The molecule has 2 aromatic heterocycles. The number of hydrogen-bond donors (Lipinski definition) is 0. The van der Waals surface area contributed by atoms with E-state index < -0.39 is 10.0 Å². The molecule has 1 aromatic carbocycles. The van der Waals surface area contributed by atoms with Gasteiger partial charge in [0.2, 0.25) is 15.9 Å². The third-order valence-corrected chi connectivity index (χ3v) is 8.55. The van der Waals surface area contributed by atoms with Gasteiger partial charge in [-0.2, -0.15) is 4.31 Å². The predicted octanol–water partition coefficient (Wildman–Crippen LogP) is 2.86. The molecule has 0 N–H and O–H groups in total. The van der Waals surface area contributed by atoms with Crippen LogP contribution in [-0.2, 0) is 14.8 Å². The van der Waals surface area contributed by atoms with Crippen molar-refractivity contribution in [2.45, 2.75) is 36.7 Å². The Morgan fingerprint density at radius 2 is 1.94 bits per heavy atom. The van der Waals surface area contributed by atoms with Gasteiger partial charge in [0, 0.05) is 43.5 Å². The lowest BCUT2D eigenvalue weighted by atomic mass is 10.1. The largest absolute Gasteiger partial charge is 0.312 e. The van der Waals surface area contributed by atoms with Crippen molar-refractivity contribution in [3.05, 3.63) is 48.2 Å². The van der Waals surface area contributed by atoms with Gasteiger partial charge in [-0.1, -0.05) is 37.7 Å². The summed E-state index contributed by atoms with van der Waals surface area (Å²) in [6.45, 7) is 4.99. The highest BCUT2D eigenvalue weighted by atomic mass is 32.2. The van der Waals surface area contributed by atoms with Gasteiger partial charge < -0.3 is 4.90 Å². The van der Waals surface area contributed by atoms with Crippen molar-refractivity contribution in [1.29, 1.82) is 0 Å². The maximum atomic E-state index is 12.9. The number of nitrogens with zero attached hydrogens (tertiary/aromatic N) is 5. The Morgan fingerprint density at radius 3 is 2.64 bits per heavy atom. The normalized spacial score (nSPS) is 14.5. The van der Waals surface area contributed by atoms with Crippen LogP contribution in [0.3, 0.4) is 0 Å². The van der Waals surface area contributed by atoms with E-state index in [9.17, 15) is 18.0 Å². The van der Waals surface area contributed by atoms with E-state index in [2.05, 4.69) is 10.2 Å². The standard InChI is InChI=1S/C22H25N5O4S2/c1-3-25(4-2)33(30,31)18-10-11-20-23-24-22(27(20)14-18)32-15-19(28)16-7-5-8-17(13-16)26-12-6-9-21(26)29/h5,7-8,10-11,13-14H,3-4,6,9,12,15H2,1-2H3. The first-order valence-electron chi connectivity index (χ1n) is 10.8. The summed E-state index contributed by atoms with van der Waals surface area (Å²) in [6, 6.07) is 10.2. The number of ketones is 1. The number of sulfonamides is 1. The van der Waals surface area contributed by atoms with Crippen molar-refractivity contribution in [2.24, 2.45) is 0 Å². The summed E-state index contributed by atoms with van der Waals surface area (Å²) in [5, 5.41) is 8.63. The molecule has 3 aromatic rings. The molecule has 174 valence electrons. The number of carbonyl (C=O) groups is 2. The summed E-state index contributed by atoms with van der Waals surface area (Å²) in [5.74, 6) is 0.0575. The quantitative estimate of drug-likeness (QED) is 0.338. The fourth-order valence-electron chi connectivity index (χ4n) is 3.80. The molecule has 4 rings (SSSR count). The Bertz CT molecular complexity index is 1300. The molecule has 1 saturated heterocycles. The van der Waals surface area contributed by atoms with E-state index >= 15 is 0 Å². The Morgan fingerprint density at radius 1 is 1.15 bits per heavy atom. The highest BCUT2D eigenvalue weighted by Crippen LogP contribution is 2.25. The number of hydrogen-bond acceptors (Lipinski definition) is 7. The monoisotopic (exact) mass is 487 g/mol. The van der Waals surface area contributed by atoms with E-state index in [0.717, 1.165) is 12.1 Å². The maximum Gasteiger partial charge on any atom is 0.244 e. The second-order valence-corrected chi connectivity index (χ2v) is 10.5. The van der Waals surface area contributed by atoms with Gasteiger partial charge in [0.25, 0.3) is 0 Å². The number of benzene rings is 1. The molecular formula is C22H25N5O4S2. The SMILES string of the molecule is CCN(CC)S(=O)(=O)c1ccc2nnc(SCC(=O)c3cccc(N4CCCC4=O)c3)n2c1. The van der Waals surface area contributed by atoms with Crippen LogP contribution >= 0.6 is 11.8 Å². The molecule has 1 fully saturated rings. The molecular weight excluding hydrogens is 462 g/mol. The van der Waals surface area contributed by atoms with Crippen molar-refractivity contribution in [2.75, 3.05) is 30.3 Å². The van der Waals surface area contributed by atoms with Crippen LogP contribution in [0, 0.1) is 0 Å². The number of rotatable bonds is 9. The molecule has 1 aliphatic rings. The lowest BCUT2D eigenvalue weighted by Gasteiger charge is -2.18. The van der Waals surface area contributed by atoms with Gasteiger partial charge >= 0.3 is 0 Å². The number of Topliss-reactive ketones (excluding diaryl/α,β-unsaturated/α-hetero) is 1. The van der Waals surface area contributed by atoms with Crippen LogP contribution in [0.4, 0.5) is 5.69 Å². The van der Waals surface area contributed by atoms with Crippen LogP contribution in [0.5, 0.6) is 0 Å². The fourth-order valence-corrected chi connectivity index (χ4v) is 6.06. The van der Waals surface area contributed by atoms with E-state index in [1.165, 1.54) is 28.3 Å². The number of pyridine rings is 1. The summed E-state index contributed by atoms with van der Waals surface area (Å²) >= 11 is 1.19. The Hall–Kier alpha value is -2.76. The fraction of sp³-hybridized carbons (Fsp3) is 0.364. The van der Waals surface area contributed by atoms with Crippen molar-refractivity contribution in [3.63, 3.8) is 0 Å². The first-order chi connectivity index (χ1) is 15.8. The second kappa shape index (κ2) is 9.62. The summed E-state index contributed by atoms with van der Waals surface area (Å²) < 4.78 is 28.7. The maximum absolute atomic E-state index is 12.9. The molecule has 3 heterocycles. The number of aromatic nitrogens is 3. The topological polar surface area (TPSA) is 105 Å². The summed E-state index contributed by atoms with van der Waals surface area (Å²) in [5.41, 5.74) is 1.74. The summed E-state index contributed by atoms with van der Waals surface area (Å²) in [4.78, 5) is 26.7. The van der Waals surface area contributed by atoms with Crippen LogP contribution in [0.25, 0.3) is 5.65 Å². The van der Waals surface area contributed by atoms with Crippen LogP contribution < -0.4 is 4.90 Å². The third kappa shape index (κ3) is 4.66. The van der Waals surface area contributed by atoms with Gasteiger partial charge in [-0.15, -0.1) is 10.2 Å². The molecule has 0 bridgehead atoms. The molecule has 1 aliphatic heterocycles. The smallest absolute Gasteiger partial charge is 0.244 e. The number of thioether (sulfide) groups is 1. The molecule has 0 saturated carbocycles. The Labute approximate surface area is 196 Å². The van der Waals surface area contributed by atoms with E-state index in [4.69, 9.17) is 0 Å². The average Bonchev–Trinajstić information content (AvgIpc) is 3.43. The van der Waals surface area contributed by atoms with Gasteiger partial charge in [0.1, 0.15) is 0 Å². The van der Waals surface area contributed by atoms with Gasteiger partial charge in [0.05, 0.1) is 10.6 Å². The van der Waals surface area contributed by atoms with Crippen LogP contribution in [0.1, 0.15) is 37.0 Å². The highest BCUT2D eigenvalue weighted by molar-refractivity contribution is 7.99. The van der Waals surface area contributed by atoms with E-state index in [1.54, 1.807) is 47.4 Å². The van der Waals surface area contributed by atoms with Gasteiger partial charge in [-0.3, -0.25) is 14.0 Å². The third-order valence-electron chi connectivity index (χ3n) is 5.57. The Kier molecular flexibility index (Phi) is 6.82. The van der Waals surface area contributed by atoms with E-state index in [1.807, 2.05) is 6.07 Å². The van der Waals surface area contributed by atoms with Crippen molar-refractivity contribution in [3.8, 4) is 0 Å². The number of carbonyl (C=O) groups excluding carboxylic acids is 2. The van der Waals surface area contributed by atoms with E-state index in [0.29, 0.717) is 42.4 Å². The minimum Gasteiger partial charge on any atom is -0.312 e. The minimum atomic E-state index is -3.63. The number of anilines is 1. The zero-order valence-electron chi connectivity index (χ0n) is 18.5. The van der Waals surface area contributed by atoms with Crippen molar-refractivity contribution >= 4 is 44.8 Å². The number of amides is 1. The summed E-state index contributed by atoms with van der Waals surface area (Å²) in [6.07, 6.45) is 2.84. The first kappa shape index (κ1) is 23.4. The molecule has 0 aliphatic carbocycles. The van der Waals surface area contributed by atoms with Crippen molar-refractivity contribution < 1.29 is 18.0 Å². The molecule has 9 nitrogen and oxygen atoms in total. The average molecular weight is 488 g/mol. The molecule has 11 heteroatoms. The van der Waals surface area contributed by atoms with Crippen LogP contribution in [0.15, 0.2) is 52.6 Å². The molecule has 0 atom stereocenters. The summed E-state index contributed by atoms with van der Waals surface area (Å²) in [7, 11) is -3.63. The van der Waals surface area contributed by atoms with Crippen LogP contribution in [-0.4, -0.2) is 64.4 Å². The first-order valence-corrected chi connectivity index (χ1v) is 13.2. The van der Waals surface area contributed by atoms with Crippen molar-refractivity contribution in [1.82, 2.24) is 18.9 Å². The molecule has 0 radical (unpaired) electrons. The van der Waals surface area contributed by atoms with Gasteiger partial charge in [-0.05, 0) is 30.7 Å². The predicted molar refractivity (Wildman–Crippen MR) is 126 cm³/mol. The molecule has 0 spiro atoms. The van der Waals surface area contributed by atoms with Gasteiger partial charge in [-0.25, -0.2) is 8.42 Å². The van der Waals surface area contributed by atoms with Crippen LogP contribution in [0.2, 0.25) is 0 Å². The molecule has 0 unspecified atom stereocenters. The lowest BCUT2D eigenvalue weighted by molar-refractivity contribution is -0.117. The Balaban J connectivity index is 1.53. The molecule has 33 heavy (non-hydrogen) atoms.